The Balaban J connectivity index is 1.35. The monoisotopic (exact) mass is 656 g/mol. The Labute approximate surface area is 270 Å². The van der Waals surface area contributed by atoms with E-state index in [9.17, 15) is 26.8 Å². The van der Waals surface area contributed by atoms with Crippen LogP contribution in [0.25, 0.3) is 0 Å². The highest BCUT2D eigenvalue weighted by molar-refractivity contribution is 7.92. The molecular formula is C35H30F2N4O5S. The summed E-state index contributed by atoms with van der Waals surface area (Å²) >= 11 is 0. The fourth-order valence-electron chi connectivity index (χ4n) is 4.68. The van der Waals surface area contributed by atoms with Gasteiger partial charge in [0.25, 0.3) is 15.9 Å². The van der Waals surface area contributed by atoms with Crippen molar-refractivity contribution in [3.8, 4) is 5.75 Å². The SMILES string of the molecule is O=C(NCc1ccncc1)C(c1ccccc1)N(Cc1ccc(F)cc1)C(=O)COc1ccc(S(=O)(=O)Nc2ccc(F)cc2)cc1. The van der Waals surface area contributed by atoms with E-state index in [0.717, 1.165) is 17.7 Å². The largest absolute Gasteiger partial charge is 0.484 e. The van der Waals surface area contributed by atoms with Crippen molar-refractivity contribution < 1.29 is 31.5 Å². The maximum absolute atomic E-state index is 13.8. The zero-order valence-electron chi connectivity index (χ0n) is 24.9. The van der Waals surface area contributed by atoms with Crippen LogP contribution in [0, 0.1) is 11.6 Å². The summed E-state index contributed by atoms with van der Waals surface area (Å²) in [6.07, 6.45) is 3.23. The fraction of sp³-hybridized carbons (Fsp3) is 0.114. The summed E-state index contributed by atoms with van der Waals surface area (Å²) in [6.45, 7) is -0.315. The Morgan fingerprint density at radius 1 is 0.766 bits per heavy atom. The van der Waals surface area contributed by atoms with Gasteiger partial charge in [-0.15, -0.1) is 0 Å². The van der Waals surface area contributed by atoms with Crippen molar-refractivity contribution in [2.45, 2.75) is 24.0 Å². The number of ether oxygens (including phenoxy) is 1. The molecule has 0 saturated heterocycles. The number of hydrogen-bond acceptors (Lipinski definition) is 6. The van der Waals surface area contributed by atoms with Gasteiger partial charge >= 0.3 is 0 Å². The minimum Gasteiger partial charge on any atom is -0.484 e. The van der Waals surface area contributed by atoms with Crippen LogP contribution >= 0.6 is 0 Å². The zero-order valence-corrected chi connectivity index (χ0v) is 25.7. The van der Waals surface area contributed by atoms with E-state index in [2.05, 4.69) is 15.0 Å². The van der Waals surface area contributed by atoms with Gasteiger partial charge in [0, 0.05) is 31.2 Å². The number of nitrogens with one attached hydrogen (secondary N) is 2. The smallest absolute Gasteiger partial charge is 0.261 e. The third-order valence-electron chi connectivity index (χ3n) is 7.07. The molecule has 0 aliphatic heterocycles. The number of carbonyl (C=O) groups excluding carboxylic acids is 2. The van der Waals surface area contributed by atoms with E-state index in [1.807, 2.05) is 0 Å². The average Bonchev–Trinajstić information content (AvgIpc) is 3.09. The van der Waals surface area contributed by atoms with Crippen molar-refractivity contribution in [2.24, 2.45) is 0 Å². The Kier molecular flexibility index (Phi) is 10.5. The molecule has 0 fully saturated rings. The Morgan fingerprint density at radius 2 is 1.38 bits per heavy atom. The van der Waals surface area contributed by atoms with Crippen LogP contribution in [-0.4, -0.2) is 36.7 Å². The van der Waals surface area contributed by atoms with Crippen molar-refractivity contribution in [3.05, 3.63) is 156 Å². The third-order valence-corrected chi connectivity index (χ3v) is 8.47. The van der Waals surface area contributed by atoms with Crippen molar-refractivity contribution in [3.63, 3.8) is 0 Å². The number of halogens is 2. The predicted octanol–water partition coefficient (Wildman–Crippen LogP) is 5.63. The van der Waals surface area contributed by atoms with Gasteiger partial charge in [0.15, 0.2) is 6.61 Å². The number of nitrogens with zero attached hydrogens (tertiary/aromatic N) is 2. The van der Waals surface area contributed by atoms with Crippen LogP contribution in [0.15, 0.2) is 133 Å². The van der Waals surface area contributed by atoms with Crippen molar-refractivity contribution in [2.75, 3.05) is 11.3 Å². The number of hydrogen-bond donors (Lipinski definition) is 2. The lowest BCUT2D eigenvalue weighted by molar-refractivity contribution is -0.143. The first kappa shape index (κ1) is 32.8. The van der Waals surface area contributed by atoms with Gasteiger partial charge in [-0.2, -0.15) is 0 Å². The summed E-state index contributed by atoms with van der Waals surface area (Å²) in [7, 11) is -3.98. The standard InChI is InChI=1S/C35H30F2N4O5S/c36-28-8-6-26(7-9-28)23-41(34(27-4-2-1-3-5-27)35(43)39-22-25-18-20-38-21-19-25)33(42)24-46-31-14-16-32(17-15-31)47(44,45)40-30-12-10-29(37)11-13-30/h1-21,34,40H,22-24H2,(H,39,43). The number of amides is 2. The second-order valence-corrected chi connectivity index (χ2v) is 12.1. The molecule has 9 nitrogen and oxygen atoms in total. The topological polar surface area (TPSA) is 118 Å². The molecule has 47 heavy (non-hydrogen) atoms. The summed E-state index contributed by atoms with van der Waals surface area (Å²) in [6, 6.07) is 27.2. The molecule has 4 aromatic carbocycles. The molecule has 1 atom stereocenters. The molecule has 0 bridgehead atoms. The molecule has 2 amide bonds. The Bertz CT molecular complexity index is 1890. The zero-order chi connectivity index (χ0) is 33.2. The number of anilines is 1. The first-order valence-corrected chi connectivity index (χ1v) is 15.9. The van der Waals surface area contributed by atoms with Gasteiger partial charge in [0.1, 0.15) is 23.4 Å². The number of rotatable bonds is 13. The molecule has 0 spiro atoms. The number of sulfonamides is 1. The predicted molar refractivity (Wildman–Crippen MR) is 171 cm³/mol. The minimum atomic E-state index is -3.98. The number of benzene rings is 4. The highest BCUT2D eigenvalue weighted by Gasteiger charge is 2.32. The van der Waals surface area contributed by atoms with E-state index < -0.39 is 46.1 Å². The van der Waals surface area contributed by atoms with E-state index in [4.69, 9.17) is 4.74 Å². The highest BCUT2D eigenvalue weighted by atomic mass is 32.2. The second kappa shape index (κ2) is 15.1. The molecule has 0 aliphatic rings. The average molecular weight is 657 g/mol. The van der Waals surface area contributed by atoms with Crippen LogP contribution in [0.3, 0.4) is 0 Å². The summed E-state index contributed by atoms with van der Waals surface area (Å²) in [4.78, 5) is 32.9. The lowest BCUT2D eigenvalue weighted by atomic mass is 10.0. The first-order chi connectivity index (χ1) is 22.7. The van der Waals surface area contributed by atoms with Crippen molar-refractivity contribution in [1.29, 1.82) is 0 Å². The minimum absolute atomic E-state index is 0.0308. The maximum atomic E-state index is 13.8. The summed E-state index contributed by atoms with van der Waals surface area (Å²) in [5, 5.41) is 2.90. The van der Waals surface area contributed by atoms with E-state index in [1.54, 1.807) is 54.9 Å². The van der Waals surface area contributed by atoms with E-state index >= 15 is 0 Å². The van der Waals surface area contributed by atoms with Crippen LogP contribution in [0.5, 0.6) is 5.75 Å². The molecule has 0 saturated carbocycles. The number of aromatic nitrogens is 1. The van der Waals surface area contributed by atoms with Crippen LogP contribution in [0.1, 0.15) is 22.7 Å². The van der Waals surface area contributed by atoms with Crippen LogP contribution in [0.2, 0.25) is 0 Å². The van der Waals surface area contributed by atoms with Gasteiger partial charge in [-0.05, 0) is 89.5 Å². The molecule has 1 unspecified atom stereocenters. The van der Waals surface area contributed by atoms with Gasteiger partial charge in [0.05, 0.1) is 4.90 Å². The van der Waals surface area contributed by atoms with Gasteiger partial charge in [-0.1, -0.05) is 42.5 Å². The van der Waals surface area contributed by atoms with Gasteiger partial charge < -0.3 is 15.0 Å². The van der Waals surface area contributed by atoms with Crippen LogP contribution in [-0.2, 0) is 32.7 Å². The molecule has 0 radical (unpaired) electrons. The van der Waals surface area contributed by atoms with Gasteiger partial charge in [-0.3, -0.25) is 19.3 Å². The van der Waals surface area contributed by atoms with Crippen molar-refractivity contribution >= 4 is 27.5 Å². The maximum Gasteiger partial charge on any atom is 0.261 e. The molecule has 2 N–H and O–H groups in total. The summed E-state index contributed by atoms with van der Waals surface area (Å²) in [5.41, 5.74) is 2.15. The Morgan fingerprint density at radius 3 is 2.02 bits per heavy atom. The van der Waals surface area contributed by atoms with E-state index in [0.29, 0.717) is 11.1 Å². The van der Waals surface area contributed by atoms with E-state index in [1.165, 1.54) is 65.6 Å². The molecule has 1 heterocycles. The van der Waals surface area contributed by atoms with Gasteiger partial charge in [0.2, 0.25) is 5.91 Å². The molecule has 240 valence electrons. The fourth-order valence-corrected chi connectivity index (χ4v) is 5.74. The van der Waals surface area contributed by atoms with Crippen molar-refractivity contribution in [1.82, 2.24) is 15.2 Å². The second-order valence-electron chi connectivity index (χ2n) is 10.4. The lowest BCUT2D eigenvalue weighted by Gasteiger charge is -2.31. The molecule has 1 aromatic heterocycles. The molecular weight excluding hydrogens is 626 g/mol. The number of pyridine rings is 1. The van der Waals surface area contributed by atoms with E-state index in [-0.39, 0.29) is 29.4 Å². The first-order valence-electron chi connectivity index (χ1n) is 14.4. The van der Waals surface area contributed by atoms with Crippen LogP contribution in [0.4, 0.5) is 14.5 Å². The molecule has 5 rings (SSSR count). The molecule has 5 aromatic rings. The van der Waals surface area contributed by atoms with Crippen LogP contribution < -0.4 is 14.8 Å². The number of carbonyl (C=O) groups is 2. The summed E-state index contributed by atoms with van der Waals surface area (Å²) in [5.74, 6) is -1.72. The molecule has 0 aliphatic carbocycles. The van der Waals surface area contributed by atoms with Gasteiger partial charge in [-0.25, -0.2) is 17.2 Å². The Hall–Kier alpha value is -5.62. The molecule has 12 heteroatoms. The summed E-state index contributed by atoms with van der Waals surface area (Å²) < 4.78 is 60.6. The highest BCUT2D eigenvalue weighted by Crippen LogP contribution is 2.25. The lowest BCUT2D eigenvalue weighted by Crippen LogP contribution is -2.45. The third kappa shape index (κ3) is 8.98. The quantitative estimate of drug-likeness (QED) is 0.170. The normalized spacial score (nSPS) is 11.7.